The fraction of sp³-hybridized carbons (Fsp3) is 0.467. The van der Waals surface area contributed by atoms with Crippen LogP contribution in [-0.4, -0.2) is 26.2 Å². The van der Waals surface area contributed by atoms with Crippen molar-refractivity contribution in [3.8, 4) is 0 Å². The van der Waals surface area contributed by atoms with Crippen LogP contribution in [0.1, 0.15) is 23.1 Å². The van der Waals surface area contributed by atoms with Gasteiger partial charge in [0.15, 0.2) is 5.92 Å². The average Bonchev–Trinajstić information content (AvgIpc) is 2.90. The highest BCUT2D eigenvalue weighted by atomic mass is 16.5. The molecule has 0 saturated carbocycles. The minimum absolute atomic E-state index is 0.326. The van der Waals surface area contributed by atoms with Crippen LogP contribution in [0.15, 0.2) is 18.2 Å². The quantitative estimate of drug-likeness (QED) is 0.612. The summed E-state index contributed by atoms with van der Waals surface area (Å²) < 4.78 is 9.32. The van der Waals surface area contributed by atoms with Gasteiger partial charge in [0.05, 0.1) is 14.2 Å². The summed E-state index contributed by atoms with van der Waals surface area (Å²) in [6, 6.07) is 6.15. The zero-order valence-electron chi connectivity index (χ0n) is 11.3. The zero-order valence-corrected chi connectivity index (χ0v) is 11.3. The number of carbonyl (C=O) groups is 2. The molecule has 1 aromatic rings. The third-order valence-corrected chi connectivity index (χ3v) is 3.57. The maximum Gasteiger partial charge on any atom is 0.320 e. The van der Waals surface area contributed by atoms with Gasteiger partial charge in [0.1, 0.15) is 0 Å². The normalized spacial score (nSPS) is 13.2. The number of benzene rings is 1. The molecule has 0 heterocycles. The predicted octanol–water partition coefficient (Wildman–Crippen LogP) is 1.68. The summed E-state index contributed by atoms with van der Waals surface area (Å²) in [5.41, 5.74) is 3.67. The van der Waals surface area contributed by atoms with E-state index in [1.807, 2.05) is 6.07 Å². The molecular weight excluding hydrogens is 244 g/mol. The van der Waals surface area contributed by atoms with Crippen molar-refractivity contribution in [2.45, 2.75) is 25.7 Å². The highest BCUT2D eigenvalue weighted by Crippen LogP contribution is 2.24. The van der Waals surface area contributed by atoms with E-state index in [2.05, 4.69) is 21.6 Å². The van der Waals surface area contributed by atoms with Crippen LogP contribution in [0.3, 0.4) is 0 Å². The zero-order chi connectivity index (χ0) is 13.8. The van der Waals surface area contributed by atoms with Crippen molar-refractivity contribution in [3.05, 3.63) is 34.9 Å². The van der Waals surface area contributed by atoms with E-state index in [-0.39, 0.29) is 0 Å². The first-order valence-corrected chi connectivity index (χ1v) is 6.42. The second-order valence-corrected chi connectivity index (χ2v) is 4.76. The van der Waals surface area contributed by atoms with Crippen molar-refractivity contribution >= 4 is 11.9 Å². The molecule has 0 atom stereocenters. The maximum atomic E-state index is 11.6. The van der Waals surface area contributed by atoms with Gasteiger partial charge in [-0.05, 0) is 42.4 Å². The monoisotopic (exact) mass is 262 g/mol. The van der Waals surface area contributed by atoms with Crippen LogP contribution < -0.4 is 0 Å². The van der Waals surface area contributed by atoms with E-state index in [1.165, 1.54) is 31.8 Å². The number of fused-ring (bicyclic) bond motifs is 1. The van der Waals surface area contributed by atoms with Gasteiger partial charge in [0.25, 0.3) is 0 Å². The number of aryl methyl sites for hydroxylation is 2. The summed E-state index contributed by atoms with van der Waals surface area (Å²) >= 11 is 0. The van der Waals surface area contributed by atoms with Gasteiger partial charge >= 0.3 is 11.9 Å². The topological polar surface area (TPSA) is 52.6 Å². The molecule has 0 N–H and O–H groups in total. The second-order valence-electron chi connectivity index (χ2n) is 4.76. The Bertz CT molecular complexity index is 477. The van der Waals surface area contributed by atoms with Crippen LogP contribution in [0.2, 0.25) is 0 Å². The minimum atomic E-state index is -0.880. The van der Waals surface area contributed by atoms with E-state index >= 15 is 0 Å². The Labute approximate surface area is 112 Å². The molecule has 0 aromatic heterocycles. The number of hydrogen-bond acceptors (Lipinski definition) is 4. The lowest BCUT2D eigenvalue weighted by Gasteiger charge is -2.13. The molecule has 4 nitrogen and oxygen atoms in total. The third-order valence-electron chi connectivity index (χ3n) is 3.57. The van der Waals surface area contributed by atoms with E-state index in [9.17, 15) is 9.59 Å². The second kappa shape index (κ2) is 5.87. The van der Waals surface area contributed by atoms with Gasteiger partial charge in [-0.1, -0.05) is 18.2 Å². The molecule has 1 aliphatic carbocycles. The highest BCUT2D eigenvalue weighted by Gasteiger charge is 2.29. The molecule has 1 aliphatic rings. The van der Waals surface area contributed by atoms with Gasteiger partial charge < -0.3 is 9.47 Å². The number of ether oxygens (including phenoxy) is 2. The number of esters is 2. The van der Waals surface area contributed by atoms with Gasteiger partial charge in [-0.3, -0.25) is 9.59 Å². The Kier molecular flexibility index (Phi) is 4.20. The smallest absolute Gasteiger partial charge is 0.320 e. The number of hydrogen-bond donors (Lipinski definition) is 0. The van der Waals surface area contributed by atoms with Crippen molar-refractivity contribution < 1.29 is 19.1 Å². The molecule has 1 aromatic carbocycles. The molecule has 0 saturated heterocycles. The van der Waals surface area contributed by atoms with Crippen molar-refractivity contribution in [1.82, 2.24) is 0 Å². The summed E-state index contributed by atoms with van der Waals surface area (Å²) in [5, 5.41) is 0. The molecular formula is C15H18O4. The summed E-state index contributed by atoms with van der Waals surface area (Å²) in [6.07, 6.45) is 3.69. The van der Waals surface area contributed by atoms with Crippen LogP contribution >= 0.6 is 0 Å². The first kappa shape index (κ1) is 13.6. The first-order valence-electron chi connectivity index (χ1n) is 6.42. The first-order chi connectivity index (χ1) is 9.15. The molecule has 102 valence electrons. The van der Waals surface area contributed by atoms with E-state index in [1.54, 1.807) is 0 Å². The van der Waals surface area contributed by atoms with E-state index in [4.69, 9.17) is 0 Å². The molecule has 19 heavy (non-hydrogen) atoms. The molecule has 4 heteroatoms. The van der Waals surface area contributed by atoms with Gasteiger partial charge in [0.2, 0.25) is 0 Å². The van der Waals surface area contributed by atoms with Crippen molar-refractivity contribution in [2.75, 3.05) is 14.2 Å². The van der Waals surface area contributed by atoms with Gasteiger partial charge in [-0.25, -0.2) is 0 Å². The molecule has 0 amide bonds. The third kappa shape index (κ3) is 2.95. The van der Waals surface area contributed by atoms with E-state index in [0.717, 1.165) is 18.4 Å². The summed E-state index contributed by atoms with van der Waals surface area (Å²) in [6.45, 7) is 0. The Balaban J connectivity index is 2.17. The average molecular weight is 262 g/mol. The summed E-state index contributed by atoms with van der Waals surface area (Å²) in [4.78, 5) is 23.3. The van der Waals surface area contributed by atoms with Gasteiger partial charge in [-0.2, -0.15) is 0 Å². The minimum Gasteiger partial charge on any atom is -0.468 e. The Hall–Kier alpha value is -1.84. The molecule has 0 fully saturated rings. The number of rotatable bonds is 4. The largest absolute Gasteiger partial charge is 0.468 e. The van der Waals surface area contributed by atoms with Crippen molar-refractivity contribution in [2.24, 2.45) is 5.92 Å². The Morgan fingerprint density at radius 2 is 1.74 bits per heavy atom. The molecule has 0 spiro atoms. The van der Waals surface area contributed by atoms with Crippen molar-refractivity contribution in [1.29, 1.82) is 0 Å². The maximum absolute atomic E-state index is 11.6. The summed E-state index contributed by atoms with van der Waals surface area (Å²) in [5.74, 6) is -1.98. The SMILES string of the molecule is COC(=O)C(Cc1ccc2c(c1)CCC2)C(=O)OC. The molecule has 2 rings (SSSR count). The fourth-order valence-corrected chi connectivity index (χ4v) is 2.54. The predicted molar refractivity (Wildman–Crippen MR) is 69.7 cm³/mol. The lowest BCUT2D eigenvalue weighted by atomic mass is 9.96. The lowest BCUT2D eigenvalue weighted by molar-refractivity contribution is -0.158. The lowest BCUT2D eigenvalue weighted by Crippen LogP contribution is -2.28. The molecule has 0 bridgehead atoms. The van der Waals surface area contributed by atoms with Crippen LogP contribution in [0.4, 0.5) is 0 Å². The Morgan fingerprint density at radius 1 is 1.11 bits per heavy atom. The van der Waals surface area contributed by atoms with E-state index < -0.39 is 17.9 Å². The summed E-state index contributed by atoms with van der Waals surface area (Å²) in [7, 11) is 2.56. The van der Waals surface area contributed by atoms with Crippen LogP contribution in [-0.2, 0) is 38.3 Å². The van der Waals surface area contributed by atoms with E-state index in [0.29, 0.717) is 6.42 Å². The number of methoxy groups -OCH3 is 2. The highest BCUT2D eigenvalue weighted by molar-refractivity contribution is 5.95. The molecule has 0 unspecified atom stereocenters. The van der Waals surface area contributed by atoms with Gasteiger partial charge in [0, 0.05) is 0 Å². The number of carbonyl (C=O) groups excluding carboxylic acids is 2. The Morgan fingerprint density at radius 3 is 2.37 bits per heavy atom. The van der Waals surface area contributed by atoms with Crippen molar-refractivity contribution in [3.63, 3.8) is 0 Å². The molecule has 0 aliphatic heterocycles. The van der Waals surface area contributed by atoms with Gasteiger partial charge in [-0.15, -0.1) is 0 Å². The van der Waals surface area contributed by atoms with Crippen LogP contribution in [0.25, 0.3) is 0 Å². The van der Waals surface area contributed by atoms with Crippen LogP contribution in [0.5, 0.6) is 0 Å². The fourth-order valence-electron chi connectivity index (χ4n) is 2.54. The van der Waals surface area contributed by atoms with Crippen LogP contribution in [0, 0.1) is 5.92 Å². The molecule has 0 radical (unpaired) electrons. The standard InChI is InChI=1S/C15H18O4/c1-18-14(16)13(15(17)19-2)9-10-6-7-11-4-3-5-12(11)8-10/h6-8,13H,3-5,9H2,1-2H3.